The van der Waals surface area contributed by atoms with Crippen molar-refractivity contribution in [1.82, 2.24) is 52.2 Å². The summed E-state index contributed by atoms with van der Waals surface area (Å²) in [4.78, 5) is 136. The summed E-state index contributed by atoms with van der Waals surface area (Å²) >= 11 is 0. The summed E-state index contributed by atoms with van der Waals surface area (Å²) < 4.78 is 0. The molecule has 7 atom stereocenters. The molecule has 3 aromatic carbocycles. The average molecular weight is 1300 g/mol. The molecule has 0 aliphatic rings. The van der Waals surface area contributed by atoms with E-state index in [1.807, 2.05) is 72.8 Å². The zero-order valence-corrected chi connectivity index (χ0v) is 53.5. The van der Waals surface area contributed by atoms with Gasteiger partial charge in [-0.1, -0.05) is 87.2 Å². The topological polar surface area (TPSA) is 513 Å². The number of H-pyrrole nitrogens is 3. The Morgan fingerprint density at radius 1 is 0.404 bits per heavy atom. The van der Waals surface area contributed by atoms with Gasteiger partial charge in [0.1, 0.15) is 36.3 Å². The number of aromatic nitrogens is 3. The van der Waals surface area contributed by atoms with E-state index in [2.05, 4.69) is 74.1 Å². The van der Waals surface area contributed by atoms with Crippen molar-refractivity contribution in [3.8, 4) is 0 Å². The van der Waals surface area contributed by atoms with Crippen LogP contribution >= 0.6 is 0 Å². The Morgan fingerprint density at radius 2 is 0.755 bits per heavy atom. The van der Waals surface area contributed by atoms with Gasteiger partial charge in [0.05, 0.1) is 6.04 Å². The second-order valence-electron chi connectivity index (χ2n) is 23.4. The number of benzene rings is 3. The van der Waals surface area contributed by atoms with Gasteiger partial charge in [0, 0.05) is 103 Å². The molecule has 3 aromatic heterocycles. The predicted molar refractivity (Wildman–Crippen MR) is 365 cm³/mol. The maximum atomic E-state index is 15.2. The number of carbonyl (C=O) groups is 8. The molecule has 0 spiro atoms. The van der Waals surface area contributed by atoms with E-state index in [9.17, 15) is 24.0 Å². The van der Waals surface area contributed by atoms with E-state index in [-0.39, 0.29) is 101 Å². The summed E-state index contributed by atoms with van der Waals surface area (Å²) in [7, 11) is 0. The number of hydrogen-bond donors (Lipinski definition) is 18. The molecule has 29 heteroatoms. The quantitative estimate of drug-likeness (QED) is 0.0142. The largest absolute Gasteiger partial charge is 0.370 e. The number of para-hydroxylation sites is 3. The van der Waals surface area contributed by atoms with Crippen LogP contribution < -0.4 is 83.1 Å². The Morgan fingerprint density at radius 3 is 1.16 bits per heavy atom. The Hall–Kier alpha value is -10.2. The fourth-order valence-corrected chi connectivity index (χ4v) is 11.0. The second kappa shape index (κ2) is 38.0. The number of carbonyl (C=O) groups excluding carboxylic acids is 8. The first-order valence-electron chi connectivity index (χ1n) is 32.2. The van der Waals surface area contributed by atoms with Gasteiger partial charge in [-0.05, 0) is 99.1 Å². The number of rotatable bonds is 42. The monoisotopic (exact) mass is 1300 g/mol. The van der Waals surface area contributed by atoms with Gasteiger partial charge in [-0.25, -0.2) is 0 Å². The molecule has 94 heavy (non-hydrogen) atoms. The third-order valence-corrected chi connectivity index (χ3v) is 16.1. The first-order valence-corrected chi connectivity index (χ1v) is 32.2. The number of nitrogens with zero attached hydrogens (tertiary/aromatic N) is 3. The molecule has 0 bridgehead atoms. The van der Waals surface area contributed by atoms with Gasteiger partial charge in [0.2, 0.25) is 47.3 Å². The van der Waals surface area contributed by atoms with E-state index in [4.69, 9.17) is 45.9 Å². The lowest BCUT2D eigenvalue weighted by molar-refractivity contribution is -0.135. The van der Waals surface area contributed by atoms with Gasteiger partial charge in [0.25, 0.3) is 0 Å². The van der Waals surface area contributed by atoms with E-state index >= 15 is 14.4 Å². The molecule has 0 radical (unpaired) electrons. The summed E-state index contributed by atoms with van der Waals surface area (Å²) in [5, 5.41) is 22.1. The number of nitrogens with one attached hydrogen (secondary N) is 10. The minimum Gasteiger partial charge on any atom is -0.370 e. The van der Waals surface area contributed by atoms with Crippen molar-refractivity contribution in [2.24, 2.45) is 60.8 Å². The number of aliphatic imine (C=N–C) groups is 3. The van der Waals surface area contributed by atoms with Crippen molar-refractivity contribution in [1.29, 1.82) is 0 Å². The van der Waals surface area contributed by atoms with Crippen LogP contribution in [0, 0.1) is 0 Å². The number of guanidine groups is 3. The molecule has 6 aromatic rings. The van der Waals surface area contributed by atoms with Crippen molar-refractivity contribution in [3.63, 3.8) is 0 Å². The molecule has 29 nitrogen and oxygen atoms in total. The van der Waals surface area contributed by atoms with Crippen molar-refractivity contribution in [2.45, 2.75) is 165 Å². The second-order valence-corrected chi connectivity index (χ2v) is 23.4. The Kier molecular flexibility index (Phi) is 29.4. The lowest BCUT2D eigenvalue weighted by atomic mass is 10.0. The van der Waals surface area contributed by atoms with Crippen LogP contribution in [0.15, 0.2) is 106 Å². The van der Waals surface area contributed by atoms with Crippen LogP contribution in [-0.4, -0.2) is 149 Å². The van der Waals surface area contributed by atoms with Crippen LogP contribution in [0.4, 0.5) is 0 Å². The summed E-state index contributed by atoms with van der Waals surface area (Å²) in [6.07, 6.45) is 12.1. The van der Waals surface area contributed by atoms with Gasteiger partial charge >= 0.3 is 0 Å². The van der Waals surface area contributed by atoms with Crippen LogP contribution in [0.1, 0.15) is 120 Å². The van der Waals surface area contributed by atoms with E-state index in [0.717, 1.165) is 64.8 Å². The van der Waals surface area contributed by atoms with Gasteiger partial charge in [0.15, 0.2) is 17.9 Å². The number of fused-ring (bicyclic) bond motifs is 3. The lowest BCUT2D eigenvalue weighted by Gasteiger charge is -2.28. The highest BCUT2D eigenvalue weighted by molar-refractivity contribution is 5.99. The molecule has 26 N–H and O–H groups in total. The van der Waals surface area contributed by atoms with Crippen molar-refractivity contribution < 1.29 is 38.4 Å². The average Bonchev–Trinajstić information content (AvgIpc) is 1.67. The van der Waals surface area contributed by atoms with Gasteiger partial charge in [-0.15, -0.1) is 0 Å². The molecule has 0 saturated carbocycles. The number of hydrogen-bond acceptors (Lipinski definition) is 12. The third kappa shape index (κ3) is 23.8. The summed E-state index contributed by atoms with van der Waals surface area (Å²) in [5.74, 6) is -6.03. The standard InChI is InChI=1S/C65H95N21O8/c1-2-3-4-5-6-28-55(87)74-29-14-13-25-49(56(67)88)81-60(92)53(34-40-37-79-47-23-11-8-19-43(40)47)85-58(90)51(27-17-32-77-65(72)73)83-62(94)54(35-41-38-80-48-24-12-9-20-44(41)48)86-59(91)50(26-16-31-76-64(70)71)82-61(93)52(33-39-36-78-46-22-10-7-18-42(39)46)84-57(89)45(66)21-15-30-75-63(68)69/h7-12,18-20,22-24,36-38,45,49-54,78-80H,2-6,13-17,21,25-35,66H2,1H3,(H2,67,88)(H,74,87)(H,81,92)(H,82,93)(H,83,94)(H,84,89)(H,85,90)(H,86,91)(H4,68,69,75)(H4,70,71,76)(H4,72,73,77)/t45-,49+,50-,51-,52+,53+,54+/m1/s1. The molecule has 8 amide bonds. The van der Waals surface area contributed by atoms with Crippen LogP contribution in [0.25, 0.3) is 32.7 Å². The first kappa shape index (κ1) is 72.9. The zero-order chi connectivity index (χ0) is 67.9. The molecular weight excluding hydrogens is 1200 g/mol. The maximum Gasteiger partial charge on any atom is 0.243 e. The molecule has 508 valence electrons. The zero-order valence-electron chi connectivity index (χ0n) is 53.5. The number of unbranched alkanes of at least 4 members (excludes halogenated alkanes) is 5. The predicted octanol–water partition coefficient (Wildman–Crippen LogP) is 0.688. The Labute approximate surface area is 546 Å². The Bertz CT molecular complexity index is 3560. The number of amides is 8. The van der Waals surface area contributed by atoms with Crippen molar-refractivity contribution in [2.75, 3.05) is 26.2 Å². The highest BCUT2D eigenvalue weighted by Gasteiger charge is 2.35. The fraction of sp³-hybridized carbons (Fsp3) is 0.462. The lowest BCUT2D eigenvalue weighted by Crippen LogP contribution is -2.60. The molecule has 3 heterocycles. The van der Waals surface area contributed by atoms with Crippen LogP contribution in [0.2, 0.25) is 0 Å². The van der Waals surface area contributed by atoms with E-state index in [1.54, 1.807) is 18.6 Å². The van der Waals surface area contributed by atoms with Crippen LogP contribution in [0.5, 0.6) is 0 Å². The van der Waals surface area contributed by atoms with E-state index in [1.165, 1.54) is 0 Å². The fourth-order valence-electron chi connectivity index (χ4n) is 11.0. The Balaban J connectivity index is 1.28. The number of aromatic amines is 3. The van der Waals surface area contributed by atoms with Gasteiger partial charge in [-0.3, -0.25) is 53.3 Å². The summed E-state index contributed by atoms with van der Waals surface area (Å²) in [5.41, 5.74) is 50.1. The minimum atomic E-state index is -1.46. The van der Waals surface area contributed by atoms with Gasteiger partial charge < -0.3 is 98.0 Å². The van der Waals surface area contributed by atoms with E-state index < -0.39 is 83.6 Å². The summed E-state index contributed by atoms with van der Waals surface area (Å²) in [6.45, 7) is 2.79. The highest BCUT2D eigenvalue weighted by Crippen LogP contribution is 2.23. The minimum absolute atomic E-state index is 0.0358. The normalized spacial score (nSPS) is 13.4. The maximum absolute atomic E-state index is 15.2. The summed E-state index contributed by atoms with van der Waals surface area (Å²) in [6, 6.07) is 12.9. The van der Waals surface area contributed by atoms with Crippen molar-refractivity contribution in [3.05, 3.63) is 108 Å². The van der Waals surface area contributed by atoms with Gasteiger partial charge in [-0.2, -0.15) is 0 Å². The number of nitrogens with two attached hydrogens (primary N) is 8. The molecular formula is C65H95N21O8. The molecule has 0 aliphatic heterocycles. The molecule has 0 aliphatic carbocycles. The SMILES string of the molecule is CCCCCCCC(=O)NCCCC[C@H](NC(=O)[C@H](Cc1c[nH]c2ccccc12)NC(=O)[C@@H](CCCN=C(N)N)NC(=O)[C@H](Cc1c[nH]c2ccccc12)NC(=O)[C@@H](CCCN=C(N)N)NC(=O)[C@H](Cc1c[nH]c2ccccc12)NC(=O)[C@H](N)CCCN=C(N)N)C(N)=O. The molecule has 0 unspecified atom stereocenters. The molecule has 0 saturated heterocycles. The van der Waals surface area contributed by atoms with Crippen LogP contribution in [0.3, 0.4) is 0 Å². The third-order valence-electron chi connectivity index (χ3n) is 16.1. The van der Waals surface area contributed by atoms with Crippen molar-refractivity contribution >= 4 is 97.8 Å². The molecule has 6 rings (SSSR count). The highest BCUT2D eigenvalue weighted by atomic mass is 16.2. The number of primary amides is 1. The van der Waals surface area contributed by atoms with E-state index in [0.29, 0.717) is 48.9 Å². The smallest absolute Gasteiger partial charge is 0.243 e. The molecule has 0 fully saturated rings. The first-order chi connectivity index (χ1) is 45.2. The van der Waals surface area contributed by atoms with Crippen LogP contribution in [-0.2, 0) is 57.6 Å².